The predicted octanol–water partition coefficient (Wildman–Crippen LogP) is 1.11. The highest BCUT2D eigenvalue weighted by molar-refractivity contribution is 5.41. The van der Waals surface area contributed by atoms with Crippen LogP contribution in [0.5, 0.6) is 0 Å². The molecule has 2 N–H and O–H groups in total. The van der Waals surface area contributed by atoms with Crippen molar-refractivity contribution in [1.29, 1.82) is 0 Å². The van der Waals surface area contributed by atoms with E-state index in [-0.39, 0.29) is 12.7 Å². The number of hydrogen-bond donors (Lipinski definition) is 2. The molecule has 2 aromatic heterocycles. The van der Waals surface area contributed by atoms with Gasteiger partial charge in [-0.25, -0.2) is 9.97 Å². The number of pyridine rings is 1. The van der Waals surface area contributed by atoms with E-state index in [4.69, 9.17) is 9.84 Å². The minimum Gasteiger partial charge on any atom is -0.395 e. The second-order valence-corrected chi connectivity index (χ2v) is 8.06. The third-order valence-corrected chi connectivity index (χ3v) is 5.42. The third-order valence-electron chi connectivity index (χ3n) is 5.42. The van der Waals surface area contributed by atoms with Gasteiger partial charge in [0.25, 0.3) is 0 Å². The number of rotatable bonds is 11. The molecule has 0 aliphatic carbocycles. The van der Waals surface area contributed by atoms with E-state index in [1.54, 1.807) is 6.20 Å². The minimum atomic E-state index is 0.0967. The molecule has 0 radical (unpaired) electrons. The Labute approximate surface area is 185 Å². The molecule has 0 amide bonds. The summed E-state index contributed by atoms with van der Waals surface area (Å²) in [6.07, 6.45) is 5.86. The van der Waals surface area contributed by atoms with Gasteiger partial charge in [-0.15, -0.1) is 0 Å². The fraction of sp³-hybridized carbons (Fsp3) is 0.591. The Hall–Kier alpha value is -2.49. The lowest BCUT2D eigenvalue weighted by Crippen LogP contribution is -2.44. The molecule has 1 aliphatic heterocycles. The average Bonchev–Trinajstić information content (AvgIpc) is 2.78. The molecule has 1 saturated heterocycles. The normalized spacial score (nSPS) is 16.8. The smallest absolute Gasteiger partial charge is 0.224 e. The SMILES string of the molecule is CN(C)c1cc(CCC2CN(CCNc3nccc(N(C)CCO)n3)CCO2)ccn1. The fourth-order valence-corrected chi connectivity index (χ4v) is 3.58. The Balaban J connectivity index is 1.42. The molecule has 9 nitrogen and oxygen atoms in total. The number of hydrogen-bond acceptors (Lipinski definition) is 9. The lowest BCUT2D eigenvalue weighted by atomic mass is 10.1. The second kappa shape index (κ2) is 11.8. The number of anilines is 3. The molecule has 0 aromatic carbocycles. The number of ether oxygens (including phenoxy) is 1. The van der Waals surface area contributed by atoms with Crippen molar-refractivity contribution >= 4 is 17.6 Å². The van der Waals surface area contributed by atoms with Gasteiger partial charge in [0, 0.05) is 66.3 Å². The van der Waals surface area contributed by atoms with Crippen LogP contribution in [0, 0.1) is 0 Å². The molecule has 0 bridgehead atoms. The summed E-state index contributed by atoms with van der Waals surface area (Å²) in [6, 6.07) is 6.08. The van der Waals surface area contributed by atoms with Gasteiger partial charge in [-0.1, -0.05) is 0 Å². The van der Waals surface area contributed by atoms with Crippen LogP contribution in [-0.4, -0.2) is 98.1 Å². The van der Waals surface area contributed by atoms with Gasteiger partial charge < -0.3 is 25.0 Å². The summed E-state index contributed by atoms with van der Waals surface area (Å²) in [5, 5.41) is 12.4. The number of nitrogens with zero attached hydrogens (tertiary/aromatic N) is 6. The molecule has 0 spiro atoms. The first-order valence-corrected chi connectivity index (χ1v) is 10.9. The summed E-state index contributed by atoms with van der Waals surface area (Å²) in [5.41, 5.74) is 1.30. The summed E-state index contributed by atoms with van der Waals surface area (Å²) < 4.78 is 6.00. The average molecular weight is 430 g/mol. The molecule has 0 saturated carbocycles. The van der Waals surface area contributed by atoms with Crippen LogP contribution in [0.4, 0.5) is 17.6 Å². The zero-order chi connectivity index (χ0) is 22.1. The molecule has 1 atom stereocenters. The Kier molecular flexibility index (Phi) is 8.81. The van der Waals surface area contributed by atoms with Crippen molar-refractivity contribution in [3.05, 3.63) is 36.2 Å². The highest BCUT2D eigenvalue weighted by atomic mass is 16.5. The maximum absolute atomic E-state index is 9.09. The van der Waals surface area contributed by atoms with Crippen LogP contribution in [-0.2, 0) is 11.2 Å². The number of aliphatic hydroxyl groups excluding tert-OH is 1. The van der Waals surface area contributed by atoms with Crippen LogP contribution in [0.3, 0.4) is 0 Å². The lowest BCUT2D eigenvalue weighted by Gasteiger charge is -2.33. The topological polar surface area (TPSA) is 89.9 Å². The second-order valence-electron chi connectivity index (χ2n) is 8.06. The fourth-order valence-electron chi connectivity index (χ4n) is 3.58. The molecule has 31 heavy (non-hydrogen) atoms. The Morgan fingerprint density at radius 1 is 1.19 bits per heavy atom. The molecular weight excluding hydrogens is 394 g/mol. The summed E-state index contributed by atoms with van der Waals surface area (Å²) in [4.78, 5) is 19.6. The van der Waals surface area contributed by atoms with Crippen LogP contribution in [0.25, 0.3) is 0 Å². The predicted molar refractivity (Wildman–Crippen MR) is 124 cm³/mol. The van der Waals surface area contributed by atoms with Crippen molar-refractivity contribution in [1.82, 2.24) is 19.9 Å². The summed E-state index contributed by atoms with van der Waals surface area (Å²) >= 11 is 0. The van der Waals surface area contributed by atoms with E-state index in [9.17, 15) is 0 Å². The zero-order valence-electron chi connectivity index (χ0n) is 18.9. The first kappa shape index (κ1) is 23.2. The molecule has 3 rings (SSSR count). The van der Waals surface area contributed by atoms with Gasteiger partial charge in [-0.05, 0) is 36.6 Å². The number of aromatic nitrogens is 3. The van der Waals surface area contributed by atoms with Gasteiger partial charge in [-0.3, -0.25) is 4.90 Å². The van der Waals surface area contributed by atoms with Gasteiger partial charge >= 0.3 is 0 Å². The summed E-state index contributed by atoms with van der Waals surface area (Å²) in [7, 11) is 5.93. The van der Waals surface area contributed by atoms with Crippen LogP contribution in [0.15, 0.2) is 30.6 Å². The van der Waals surface area contributed by atoms with Gasteiger partial charge in [0.05, 0.1) is 19.3 Å². The van der Waals surface area contributed by atoms with E-state index in [0.717, 1.165) is 57.3 Å². The number of aliphatic hydroxyl groups is 1. The van der Waals surface area contributed by atoms with Gasteiger partial charge in [0.2, 0.25) is 5.95 Å². The molecule has 1 aliphatic rings. The summed E-state index contributed by atoms with van der Waals surface area (Å²) in [5.74, 6) is 2.40. The van der Waals surface area contributed by atoms with E-state index in [1.165, 1.54) is 5.56 Å². The highest BCUT2D eigenvalue weighted by Crippen LogP contribution is 2.16. The van der Waals surface area contributed by atoms with Crippen molar-refractivity contribution in [2.45, 2.75) is 18.9 Å². The quantitative estimate of drug-likeness (QED) is 0.545. The maximum Gasteiger partial charge on any atom is 0.224 e. The molecule has 1 fully saturated rings. The van der Waals surface area contributed by atoms with Crippen molar-refractivity contribution in [2.24, 2.45) is 0 Å². The molecule has 3 heterocycles. The first-order valence-electron chi connectivity index (χ1n) is 10.9. The largest absolute Gasteiger partial charge is 0.395 e. The number of aryl methyl sites for hydroxylation is 1. The van der Waals surface area contributed by atoms with Crippen LogP contribution < -0.4 is 15.1 Å². The zero-order valence-corrected chi connectivity index (χ0v) is 18.9. The van der Waals surface area contributed by atoms with Gasteiger partial charge in [0.15, 0.2) is 0 Å². The molecule has 1 unspecified atom stereocenters. The van der Waals surface area contributed by atoms with Crippen LogP contribution >= 0.6 is 0 Å². The monoisotopic (exact) mass is 429 g/mol. The Bertz CT molecular complexity index is 805. The Morgan fingerprint density at radius 3 is 2.84 bits per heavy atom. The maximum atomic E-state index is 9.09. The highest BCUT2D eigenvalue weighted by Gasteiger charge is 2.20. The lowest BCUT2D eigenvalue weighted by molar-refractivity contribution is -0.0303. The van der Waals surface area contributed by atoms with Crippen molar-refractivity contribution in [3.63, 3.8) is 0 Å². The van der Waals surface area contributed by atoms with Crippen molar-refractivity contribution in [3.8, 4) is 0 Å². The third kappa shape index (κ3) is 7.30. The number of nitrogens with one attached hydrogen (secondary N) is 1. The molecule has 2 aromatic rings. The first-order chi connectivity index (χ1) is 15.0. The standard InChI is InChI=1S/C22H35N7O2/c1-27(2)21-16-18(6-8-23-21)4-5-19-17-29(13-15-31-19)11-10-25-22-24-9-7-20(26-22)28(3)12-14-30/h6-9,16,19,30H,4-5,10-15,17H2,1-3H3,(H,24,25,26). The molecule has 170 valence electrons. The Morgan fingerprint density at radius 2 is 2.03 bits per heavy atom. The minimum absolute atomic E-state index is 0.0967. The van der Waals surface area contributed by atoms with Gasteiger partial charge in [-0.2, -0.15) is 4.98 Å². The van der Waals surface area contributed by atoms with Crippen molar-refractivity contribution in [2.75, 3.05) is 82.2 Å². The van der Waals surface area contributed by atoms with Gasteiger partial charge in [0.1, 0.15) is 11.6 Å². The van der Waals surface area contributed by atoms with E-state index in [2.05, 4.69) is 37.3 Å². The van der Waals surface area contributed by atoms with E-state index < -0.39 is 0 Å². The molecule has 9 heteroatoms. The van der Waals surface area contributed by atoms with Crippen molar-refractivity contribution < 1.29 is 9.84 Å². The van der Waals surface area contributed by atoms with Crippen LogP contribution in [0.2, 0.25) is 0 Å². The van der Waals surface area contributed by atoms with E-state index >= 15 is 0 Å². The number of likely N-dealkylation sites (N-methyl/N-ethyl adjacent to an activating group) is 1. The van der Waals surface area contributed by atoms with E-state index in [1.807, 2.05) is 43.2 Å². The van der Waals surface area contributed by atoms with E-state index in [0.29, 0.717) is 12.5 Å². The summed E-state index contributed by atoms with van der Waals surface area (Å²) in [6.45, 7) is 4.98. The van der Waals surface area contributed by atoms with Crippen LogP contribution in [0.1, 0.15) is 12.0 Å². The molecular formula is C22H35N7O2. The number of morpholine rings is 1.